The van der Waals surface area contributed by atoms with E-state index in [2.05, 4.69) is 20.5 Å². The van der Waals surface area contributed by atoms with Crippen molar-refractivity contribution in [3.63, 3.8) is 0 Å². The van der Waals surface area contributed by atoms with Gasteiger partial charge in [-0.15, -0.1) is 0 Å². The van der Waals surface area contributed by atoms with E-state index in [1.807, 2.05) is 26.1 Å². The monoisotopic (exact) mass is 288 g/mol. The maximum atomic E-state index is 12.2. The van der Waals surface area contributed by atoms with Crippen molar-refractivity contribution in [1.82, 2.24) is 24.5 Å². The Balaban J connectivity index is 2.15. The maximum absolute atomic E-state index is 12.2. The molecule has 0 saturated heterocycles. The number of aryl methyl sites for hydroxylation is 1. The summed E-state index contributed by atoms with van der Waals surface area (Å²) in [5.41, 5.74) is 1.90. The van der Waals surface area contributed by atoms with Crippen molar-refractivity contribution in [2.75, 3.05) is 12.4 Å². The van der Waals surface area contributed by atoms with Crippen molar-refractivity contribution in [2.45, 2.75) is 26.4 Å². The van der Waals surface area contributed by atoms with E-state index in [1.165, 1.54) is 13.4 Å². The van der Waals surface area contributed by atoms with Crippen LogP contribution in [-0.4, -0.2) is 37.6 Å². The van der Waals surface area contributed by atoms with Crippen LogP contribution >= 0.6 is 0 Å². The van der Waals surface area contributed by atoms with Gasteiger partial charge in [-0.3, -0.25) is 4.68 Å². The number of methoxy groups -OCH3 is 1. The van der Waals surface area contributed by atoms with E-state index in [1.54, 1.807) is 9.36 Å². The molecule has 110 valence electrons. The van der Waals surface area contributed by atoms with Gasteiger partial charge in [0.05, 0.1) is 18.4 Å². The number of carbonyl (C=O) groups excluding carboxylic acids is 1. The van der Waals surface area contributed by atoms with Crippen molar-refractivity contribution in [2.24, 2.45) is 0 Å². The first-order valence-corrected chi connectivity index (χ1v) is 6.64. The first-order valence-electron chi connectivity index (χ1n) is 6.64. The molecule has 1 aliphatic rings. The largest absolute Gasteiger partial charge is 0.466 e. The molecule has 3 heterocycles. The third-order valence-electron chi connectivity index (χ3n) is 3.47. The molecular weight excluding hydrogens is 272 g/mol. The van der Waals surface area contributed by atoms with E-state index in [-0.39, 0.29) is 0 Å². The molecule has 1 unspecified atom stereocenters. The van der Waals surface area contributed by atoms with Crippen LogP contribution in [0.1, 0.15) is 25.6 Å². The van der Waals surface area contributed by atoms with Crippen molar-refractivity contribution in [3.8, 4) is 0 Å². The molecule has 0 saturated carbocycles. The van der Waals surface area contributed by atoms with Crippen molar-refractivity contribution in [3.05, 3.63) is 35.6 Å². The van der Waals surface area contributed by atoms with Crippen LogP contribution in [0.3, 0.4) is 0 Å². The summed E-state index contributed by atoms with van der Waals surface area (Å²) in [6, 6.07) is 1.44. The fourth-order valence-corrected chi connectivity index (χ4v) is 2.44. The summed E-state index contributed by atoms with van der Waals surface area (Å²) in [5, 5.41) is 11.8. The quantitative estimate of drug-likeness (QED) is 0.846. The molecule has 1 aliphatic heterocycles. The maximum Gasteiger partial charge on any atom is 0.338 e. The van der Waals surface area contributed by atoms with Crippen LogP contribution in [0, 0.1) is 0 Å². The van der Waals surface area contributed by atoms with Crippen LogP contribution in [0.2, 0.25) is 0 Å². The van der Waals surface area contributed by atoms with Gasteiger partial charge in [0.1, 0.15) is 12.4 Å². The molecule has 21 heavy (non-hydrogen) atoms. The number of carbonyl (C=O) groups is 1. The minimum absolute atomic E-state index is 0.405. The zero-order valence-corrected chi connectivity index (χ0v) is 12.1. The highest BCUT2D eigenvalue weighted by atomic mass is 16.5. The molecule has 0 aromatic carbocycles. The number of hydrogen-bond acceptors (Lipinski definition) is 6. The summed E-state index contributed by atoms with van der Waals surface area (Å²) in [6.07, 6.45) is 3.32. The van der Waals surface area contributed by atoms with E-state index < -0.39 is 12.0 Å². The van der Waals surface area contributed by atoms with Crippen LogP contribution < -0.4 is 5.32 Å². The zero-order chi connectivity index (χ0) is 15.0. The first-order chi connectivity index (χ1) is 10.2. The molecule has 3 rings (SSSR count). The highest BCUT2D eigenvalue weighted by molar-refractivity contribution is 5.92. The standard InChI is InChI=1S/C13H16N6O2/c1-4-18-6-5-9(17-18)11-10(12(20)21-3)8(2)16-13-14-7-15-19(11)13/h5-7,11H,4H2,1-3H3,(H,14,15,16). The summed E-state index contributed by atoms with van der Waals surface area (Å²) in [4.78, 5) is 16.3. The van der Waals surface area contributed by atoms with Gasteiger partial charge in [-0.2, -0.15) is 15.2 Å². The first kappa shape index (κ1) is 13.3. The normalized spacial score (nSPS) is 17.4. The highest BCUT2D eigenvalue weighted by Gasteiger charge is 2.35. The van der Waals surface area contributed by atoms with E-state index in [0.717, 1.165) is 12.2 Å². The minimum atomic E-state index is -0.441. The lowest BCUT2D eigenvalue weighted by Gasteiger charge is -2.26. The summed E-state index contributed by atoms with van der Waals surface area (Å²) in [5.74, 6) is 0.174. The Kier molecular flexibility index (Phi) is 3.20. The van der Waals surface area contributed by atoms with Gasteiger partial charge in [0.2, 0.25) is 5.95 Å². The number of anilines is 1. The Morgan fingerprint density at radius 3 is 3.00 bits per heavy atom. The van der Waals surface area contributed by atoms with Gasteiger partial charge in [-0.1, -0.05) is 0 Å². The molecule has 1 N–H and O–H groups in total. The predicted molar refractivity (Wildman–Crippen MR) is 74.4 cm³/mol. The Morgan fingerprint density at radius 2 is 2.33 bits per heavy atom. The molecule has 0 spiro atoms. The van der Waals surface area contributed by atoms with Gasteiger partial charge in [-0.05, 0) is 19.9 Å². The Hall–Kier alpha value is -2.64. The van der Waals surface area contributed by atoms with Gasteiger partial charge in [-0.25, -0.2) is 9.48 Å². The topological polar surface area (TPSA) is 86.9 Å². The second kappa shape index (κ2) is 5.04. The van der Waals surface area contributed by atoms with Crippen molar-refractivity contribution >= 4 is 11.9 Å². The number of nitrogens with one attached hydrogen (secondary N) is 1. The van der Waals surface area contributed by atoms with Gasteiger partial charge >= 0.3 is 5.97 Å². The van der Waals surface area contributed by atoms with E-state index in [9.17, 15) is 4.79 Å². The molecule has 2 aromatic heterocycles. The summed E-state index contributed by atoms with van der Waals surface area (Å²) in [6.45, 7) is 4.57. The van der Waals surface area contributed by atoms with E-state index >= 15 is 0 Å². The van der Waals surface area contributed by atoms with Crippen LogP contribution in [0.25, 0.3) is 0 Å². The molecular formula is C13H16N6O2. The second-order valence-corrected chi connectivity index (χ2v) is 4.68. The van der Waals surface area contributed by atoms with Crippen LogP contribution in [0.15, 0.2) is 29.9 Å². The molecule has 1 atom stereocenters. The lowest BCUT2D eigenvalue weighted by molar-refractivity contribution is -0.136. The number of aromatic nitrogens is 5. The number of ether oxygens (including phenoxy) is 1. The van der Waals surface area contributed by atoms with Crippen molar-refractivity contribution < 1.29 is 9.53 Å². The number of hydrogen-bond donors (Lipinski definition) is 1. The number of allylic oxidation sites excluding steroid dienone is 1. The zero-order valence-electron chi connectivity index (χ0n) is 12.1. The Labute approximate surface area is 121 Å². The summed E-state index contributed by atoms with van der Waals surface area (Å²) >= 11 is 0. The van der Waals surface area contributed by atoms with E-state index in [4.69, 9.17) is 4.74 Å². The van der Waals surface area contributed by atoms with Crippen LogP contribution in [-0.2, 0) is 16.1 Å². The summed E-state index contributed by atoms with van der Waals surface area (Å²) in [7, 11) is 1.36. The summed E-state index contributed by atoms with van der Waals surface area (Å²) < 4.78 is 8.35. The molecule has 0 fully saturated rings. The molecule has 0 amide bonds. The molecule has 0 radical (unpaired) electrons. The number of fused-ring (bicyclic) bond motifs is 1. The average Bonchev–Trinajstić information content (AvgIpc) is 3.13. The predicted octanol–water partition coefficient (Wildman–Crippen LogP) is 0.956. The minimum Gasteiger partial charge on any atom is -0.466 e. The lowest BCUT2D eigenvalue weighted by Crippen LogP contribution is -2.29. The number of nitrogens with zero attached hydrogens (tertiary/aromatic N) is 5. The molecule has 8 nitrogen and oxygen atoms in total. The van der Waals surface area contributed by atoms with Gasteiger partial charge in [0, 0.05) is 18.4 Å². The van der Waals surface area contributed by atoms with Crippen LogP contribution in [0.4, 0.5) is 5.95 Å². The third-order valence-corrected chi connectivity index (χ3v) is 3.47. The molecule has 0 bridgehead atoms. The Morgan fingerprint density at radius 1 is 1.52 bits per heavy atom. The molecule has 0 aliphatic carbocycles. The van der Waals surface area contributed by atoms with Gasteiger partial charge < -0.3 is 10.1 Å². The lowest BCUT2D eigenvalue weighted by atomic mass is 10.0. The smallest absolute Gasteiger partial charge is 0.338 e. The number of esters is 1. The fourth-order valence-electron chi connectivity index (χ4n) is 2.44. The molecule has 2 aromatic rings. The Bertz CT molecular complexity index is 714. The van der Waals surface area contributed by atoms with Gasteiger partial charge in [0.15, 0.2) is 0 Å². The third kappa shape index (κ3) is 2.08. The SMILES string of the molecule is CCn1ccc(C2C(C(=O)OC)=C(C)Nc3ncnn32)n1. The second-order valence-electron chi connectivity index (χ2n) is 4.68. The number of rotatable bonds is 3. The molecule has 8 heteroatoms. The highest BCUT2D eigenvalue weighted by Crippen LogP contribution is 2.34. The van der Waals surface area contributed by atoms with E-state index in [0.29, 0.717) is 17.2 Å². The van der Waals surface area contributed by atoms with Gasteiger partial charge in [0.25, 0.3) is 0 Å². The fraction of sp³-hybridized carbons (Fsp3) is 0.385. The average molecular weight is 288 g/mol. The van der Waals surface area contributed by atoms with Crippen LogP contribution in [0.5, 0.6) is 0 Å². The van der Waals surface area contributed by atoms with Crippen molar-refractivity contribution in [1.29, 1.82) is 0 Å².